The van der Waals surface area contributed by atoms with Crippen molar-refractivity contribution in [1.29, 1.82) is 0 Å². The van der Waals surface area contributed by atoms with Crippen molar-refractivity contribution < 1.29 is 19.8 Å². The van der Waals surface area contributed by atoms with Gasteiger partial charge in [0.15, 0.2) is 5.92 Å². The number of carbonyl (C=O) groups is 2. The largest absolute Gasteiger partial charge is 0.481 e. The second kappa shape index (κ2) is 6.76. The van der Waals surface area contributed by atoms with Crippen LogP contribution in [0.3, 0.4) is 0 Å². The maximum Gasteiger partial charge on any atom is 0.318 e. The van der Waals surface area contributed by atoms with E-state index in [2.05, 4.69) is 0 Å². The van der Waals surface area contributed by atoms with Crippen LogP contribution in [-0.4, -0.2) is 22.2 Å². The summed E-state index contributed by atoms with van der Waals surface area (Å²) >= 11 is 0. The first kappa shape index (κ1) is 15.0. The summed E-state index contributed by atoms with van der Waals surface area (Å²) in [7, 11) is 0. The first-order valence-corrected chi connectivity index (χ1v) is 6.94. The molecule has 0 radical (unpaired) electrons. The Morgan fingerprint density at radius 1 is 1.11 bits per heavy atom. The van der Waals surface area contributed by atoms with Crippen LogP contribution in [0.15, 0.2) is 0 Å². The highest BCUT2D eigenvalue weighted by Crippen LogP contribution is 2.38. The normalized spacial score (nSPS) is 20.6. The first-order valence-electron chi connectivity index (χ1n) is 6.94. The molecule has 1 rings (SSSR count). The van der Waals surface area contributed by atoms with Crippen molar-refractivity contribution in [2.75, 3.05) is 0 Å². The molecule has 1 aliphatic rings. The van der Waals surface area contributed by atoms with Crippen LogP contribution in [0.25, 0.3) is 0 Å². The third kappa shape index (κ3) is 3.47. The third-order valence-electron chi connectivity index (χ3n) is 4.50. The molecule has 0 heterocycles. The minimum atomic E-state index is -1.26. The molecule has 2 unspecified atom stereocenters. The molecule has 0 saturated heterocycles. The summed E-state index contributed by atoms with van der Waals surface area (Å²) in [5.41, 5.74) is 0. The maximum absolute atomic E-state index is 11.1. The third-order valence-corrected chi connectivity index (χ3v) is 4.50. The van der Waals surface area contributed by atoms with Gasteiger partial charge in [0.2, 0.25) is 0 Å². The summed E-state index contributed by atoms with van der Waals surface area (Å²) in [5.74, 6) is -3.25. The molecule has 0 aliphatic heterocycles. The molecule has 1 saturated carbocycles. The van der Waals surface area contributed by atoms with E-state index in [9.17, 15) is 9.59 Å². The van der Waals surface area contributed by atoms with Gasteiger partial charge in [-0.05, 0) is 17.8 Å². The van der Waals surface area contributed by atoms with Gasteiger partial charge in [-0.15, -0.1) is 0 Å². The Kier molecular flexibility index (Phi) is 5.63. The van der Waals surface area contributed by atoms with Crippen molar-refractivity contribution in [1.82, 2.24) is 0 Å². The molecule has 4 nitrogen and oxygen atoms in total. The summed E-state index contributed by atoms with van der Waals surface area (Å²) in [6.07, 6.45) is 6.47. The SMILES string of the molecule is CCC(C(C(=O)O)C(=O)O)C(C)C1CCCCC1. The van der Waals surface area contributed by atoms with Crippen LogP contribution in [0.1, 0.15) is 52.4 Å². The Morgan fingerprint density at radius 2 is 1.61 bits per heavy atom. The molecule has 104 valence electrons. The molecule has 0 aromatic rings. The van der Waals surface area contributed by atoms with Gasteiger partial charge in [0.05, 0.1) is 0 Å². The quantitative estimate of drug-likeness (QED) is 0.716. The van der Waals surface area contributed by atoms with Crippen LogP contribution < -0.4 is 0 Å². The lowest BCUT2D eigenvalue weighted by Crippen LogP contribution is -2.37. The average Bonchev–Trinajstić information content (AvgIpc) is 2.35. The van der Waals surface area contributed by atoms with E-state index in [1.54, 1.807) is 0 Å². The Labute approximate surface area is 108 Å². The summed E-state index contributed by atoms with van der Waals surface area (Å²) in [6.45, 7) is 3.92. The van der Waals surface area contributed by atoms with Crippen LogP contribution >= 0.6 is 0 Å². The van der Waals surface area contributed by atoms with E-state index >= 15 is 0 Å². The Morgan fingerprint density at radius 3 is 2.00 bits per heavy atom. The molecule has 4 heteroatoms. The zero-order chi connectivity index (χ0) is 13.7. The number of aliphatic carboxylic acids is 2. The molecule has 0 spiro atoms. The summed E-state index contributed by atoms with van der Waals surface area (Å²) in [6, 6.07) is 0. The van der Waals surface area contributed by atoms with Gasteiger partial charge in [-0.1, -0.05) is 52.4 Å². The van der Waals surface area contributed by atoms with Crippen molar-refractivity contribution in [3.05, 3.63) is 0 Å². The second-order valence-corrected chi connectivity index (χ2v) is 5.48. The van der Waals surface area contributed by atoms with Gasteiger partial charge in [0, 0.05) is 0 Å². The van der Waals surface area contributed by atoms with Crippen LogP contribution in [0.2, 0.25) is 0 Å². The lowest BCUT2D eigenvalue weighted by molar-refractivity contribution is -0.159. The van der Waals surface area contributed by atoms with E-state index in [1.165, 1.54) is 19.3 Å². The minimum Gasteiger partial charge on any atom is -0.481 e. The van der Waals surface area contributed by atoms with Gasteiger partial charge >= 0.3 is 11.9 Å². The molecule has 0 amide bonds. The van der Waals surface area contributed by atoms with Gasteiger partial charge in [0.1, 0.15) is 0 Å². The number of carboxylic acids is 2. The number of hydrogen-bond acceptors (Lipinski definition) is 2. The summed E-state index contributed by atoms with van der Waals surface area (Å²) in [4.78, 5) is 22.3. The molecule has 0 aromatic carbocycles. The Hall–Kier alpha value is -1.06. The predicted molar refractivity (Wildman–Crippen MR) is 68.3 cm³/mol. The molecular weight excluding hydrogens is 232 g/mol. The van der Waals surface area contributed by atoms with E-state index < -0.39 is 17.9 Å². The Bertz CT molecular complexity index is 280. The highest BCUT2D eigenvalue weighted by molar-refractivity contribution is 5.93. The second-order valence-electron chi connectivity index (χ2n) is 5.48. The number of rotatable bonds is 6. The van der Waals surface area contributed by atoms with E-state index in [1.807, 2.05) is 13.8 Å². The molecule has 18 heavy (non-hydrogen) atoms. The van der Waals surface area contributed by atoms with Gasteiger partial charge in [-0.3, -0.25) is 9.59 Å². The van der Waals surface area contributed by atoms with Crippen LogP contribution in [0.4, 0.5) is 0 Å². The van der Waals surface area contributed by atoms with Gasteiger partial charge < -0.3 is 10.2 Å². The average molecular weight is 256 g/mol. The summed E-state index contributed by atoms with van der Waals surface area (Å²) < 4.78 is 0. The fraction of sp³-hybridized carbons (Fsp3) is 0.857. The molecular formula is C14H24O4. The van der Waals surface area contributed by atoms with Gasteiger partial charge in [-0.25, -0.2) is 0 Å². The highest BCUT2D eigenvalue weighted by atomic mass is 16.4. The first-order chi connectivity index (χ1) is 8.49. The minimum absolute atomic E-state index is 0.174. The van der Waals surface area contributed by atoms with Crippen molar-refractivity contribution in [3.63, 3.8) is 0 Å². The molecule has 1 aliphatic carbocycles. The van der Waals surface area contributed by atoms with E-state index in [0.717, 1.165) is 12.8 Å². The van der Waals surface area contributed by atoms with E-state index in [0.29, 0.717) is 12.3 Å². The van der Waals surface area contributed by atoms with Crippen molar-refractivity contribution in [2.24, 2.45) is 23.7 Å². The van der Waals surface area contributed by atoms with Crippen molar-refractivity contribution in [3.8, 4) is 0 Å². The van der Waals surface area contributed by atoms with Crippen LogP contribution in [0, 0.1) is 23.7 Å². The lowest BCUT2D eigenvalue weighted by atomic mass is 9.70. The Balaban J connectivity index is 2.79. The van der Waals surface area contributed by atoms with E-state index in [-0.39, 0.29) is 11.8 Å². The molecule has 0 aromatic heterocycles. The fourth-order valence-corrected chi connectivity index (χ4v) is 3.39. The zero-order valence-corrected chi connectivity index (χ0v) is 11.3. The topological polar surface area (TPSA) is 74.6 Å². The van der Waals surface area contributed by atoms with Crippen LogP contribution in [0.5, 0.6) is 0 Å². The van der Waals surface area contributed by atoms with Gasteiger partial charge in [0.25, 0.3) is 0 Å². The standard InChI is InChI=1S/C14H24O4/c1-3-11(12(13(15)16)14(17)18)9(2)10-7-5-4-6-8-10/h9-12H,3-8H2,1-2H3,(H,15,16)(H,17,18). The number of carboxylic acid groups (broad SMARTS) is 2. The smallest absolute Gasteiger partial charge is 0.318 e. The molecule has 0 bridgehead atoms. The van der Waals surface area contributed by atoms with E-state index in [4.69, 9.17) is 10.2 Å². The zero-order valence-electron chi connectivity index (χ0n) is 11.3. The molecule has 2 atom stereocenters. The monoisotopic (exact) mass is 256 g/mol. The van der Waals surface area contributed by atoms with Crippen molar-refractivity contribution >= 4 is 11.9 Å². The number of hydrogen-bond donors (Lipinski definition) is 2. The van der Waals surface area contributed by atoms with Crippen LogP contribution in [-0.2, 0) is 9.59 Å². The van der Waals surface area contributed by atoms with Crippen molar-refractivity contribution in [2.45, 2.75) is 52.4 Å². The fourth-order valence-electron chi connectivity index (χ4n) is 3.39. The lowest BCUT2D eigenvalue weighted by Gasteiger charge is -2.34. The summed E-state index contributed by atoms with van der Waals surface area (Å²) in [5, 5.41) is 18.2. The maximum atomic E-state index is 11.1. The highest BCUT2D eigenvalue weighted by Gasteiger charge is 2.39. The molecule has 1 fully saturated rings. The predicted octanol–water partition coefficient (Wildman–Crippen LogP) is 3.01. The van der Waals surface area contributed by atoms with Gasteiger partial charge in [-0.2, -0.15) is 0 Å². The molecule has 2 N–H and O–H groups in total.